The van der Waals surface area contributed by atoms with Crippen LogP contribution in [0.25, 0.3) is 11.1 Å². The quantitative estimate of drug-likeness (QED) is 0.575. The standard InChI is InChI=1S/C7H3NO2/c9-7-8-5-3-1-2-4-6(5)10-7/h3-4H,(H,8,9). The van der Waals surface area contributed by atoms with Crippen LogP contribution in [-0.4, -0.2) is 4.98 Å². The molecule has 0 aliphatic carbocycles. The van der Waals surface area contributed by atoms with E-state index in [4.69, 9.17) is 4.42 Å². The van der Waals surface area contributed by atoms with Crippen molar-refractivity contribution < 1.29 is 4.42 Å². The molecule has 0 fully saturated rings. The molecule has 0 aliphatic rings. The molecule has 1 aromatic carbocycles. The predicted octanol–water partition coefficient (Wildman–Crippen LogP) is 0.721. The summed E-state index contributed by atoms with van der Waals surface area (Å²) in [7, 11) is 0. The van der Waals surface area contributed by atoms with Crippen molar-refractivity contribution in [3.8, 4) is 0 Å². The second-order valence-corrected chi connectivity index (χ2v) is 1.87. The van der Waals surface area contributed by atoms with E-state index in [9.17, 15) is 4.79 Å². The number of fused-ring (bicyclic) bond motifs is 1. The fraction of sp³-hybridized carbons (Fsp3) is 0. The van der Waals surface area contributed by atoms with Crippen molar-refractivity contribution >= 4 is 11.1 Å². The van der Waals surface area contributed by atoms with Crippen molar-refractivity contribution in [2.24, 2.45) is 0 Å². The van der Waals surface area contributed by atoms with E-state index in [0.717, 1.165) is 0 Å². The SMILES string of the molecule is O=c1[nH]c2cc#ccc2o1. The maximum absolute atomic E-state index is 10.5. The highest BCUT2D eigenvalue weighted by molar-refractivity contribution is 5.70. The lowest BCUT2D eigenvalue weighted by molar-refractivity contribution is 0.555. The summed E-state index contributed by atoms with van der Waals surface area (Å²) in [4.78, 5) is 13.0. The minimum absolute atomic E-state index is 0.442. The molecule has 1 N–H and O–H groups in total. The Morgan fingerprint density at radius 3 is 3.00 bits per heavy atom. The van der Waals surface area contributed by atoms with E-state index in [-0.39, 0.29) is 0 Å². The van der Waals surface area contributed by atoms with Crippen LogP contribution in [0.5, 0.6) is 0 Å². The van der Waals surface area contributed by atoms with Crippen molar-refractivity contribution in [3.05, 3.63) is 34.8 Å². The van der Waals surface area contributed by atoms with Gasteiger partial charge in [-0.1, -0.05) is 12.1 Å². The molecule has 0 saturated heterocycles. The first-order valence-electron chi connectivity index (χ1n) is 2.77. The predicted molar refractivity (Wildman–Crippen MR) is 34.5 cm³/mol. The van der Waals surface area contributed by atoms with Gasteiger partial charge in [-0.25, -0.2) is 4.79 Å². The molecule has 2 aromatic rings. The summed E-state index contributed by atoms with van der Waals surface area (Å²) in [6, 6.07) is 8.54. The number of rotatable bonds is 0. The summed E-state index contributed by atoms with van der Waals surface area (Å²) in [6.07, 6.45) is 0. The Kier molecular flexibility index (Phi) is 0.842. The number of oxazole rings is 1. The van der Waals surface area contributed by atoms with E-state index in [1.54, 1.807) is 12.1 Å². The summed E-state index contributed by atoms with van der Waals surface area (Å²) in [5.41, 5.74) is 1.17. The van der Waals surface area contributed by atoms with Crippen molar-refractivity contribution in [2.45, 2.75) is 0 Å². The Labute approximate surface area is 56.3 Å². The van der Waals surface area contributed by atoms with Crippen molar-refractivity contribution in [3.63, 3.8) is 0 Å². The van der Waals surface area contributed by atoms with Crippen LogP contribution in [0.15, 0.2) is 21.3 Å². The third kappa shape index (κ3) is 0.594. The zero-order valence-corrected chi connectivity index (χ0v) is 4.97. The minimum Gasteiger partial charge on any atom is -0.407 e. The third-order valence-electron chi connectivity index (χ3n) is 1.21. The third-order valence-corrected chi connectivity index (χ3v) is 1.21. The topological polar surface area (TPSA) is 46.0 Å². The number of aromatic nitrogens is 1. The van der Waals surface area contributed by atoms with Gasteiger partial charge in [0.15, 0.2) is 5.58 Å². The second-order valence-electron chi connectivity index (χ2n) is 1.87. The van der Waals surface area contributed by atoms with Crippen LogP contribution >= 0.6 is 0 Å². The Morgan fingerprint density at radius 2 is 2.20 bits per heavy atom. The van der Waals surface area contributed by atoms with Crippen LogP contribution < -0.4 is 5.76 Å². The fourth-order valence-corrected chi connectivity index (χ4v) is 0.787. The van der Waals surface area contributed by atoms with Gasteiger partial charge < -0.3 is 4.42 Å². The molecule has 1 heterocycles. The van der Waals surface area contributed by atoms with Crippen LogP contribution in [0.3, 0.4) is 0 Å². The van der Waals surface area contributed by atoms with Crippen LogP contribution in [0.1, 0.15) is 0 Å². The molecule has 0 saturated carbocycles. The second kappa shape index (κ2) is 1.64. The van der Waals surface area contributed by atoms with Gasteiger partial charge >= 0.3 is 5.76 Å². The molecule has 0 amide bonds. The molecule has 10 heavy (non-hydrogen) atoms. The van der Waals surface area contributed by atoms with E-state index in [2.05, 4.69) is 17.1 Å². The van der Waals surface area contributed by atoms with Gasteiger partial charge in [-0.2, -0.15) is 0 Å². The molecule has 2 rings (SSSR count). The smallest absolute Gasteiger partial charge is 0.407 e. The van der Waals surface area contributed by atoms with Crippen LogP contribution in [0, 0.1) is 12.1 Å². The van der Waals surface area contributed by atoms with Gasteiger partial charge in [0, 0.05) is 12.1 Å². The number of hydrogen-bond acceptors (Lipinski definition) is 2. The molecule has 3 heteroatoms. The average molecular weight is 133 g/mol. The van der Waals surface area contributed by atoms with Crippen LogP contribution in [0.4, 0.5) is 0 Å². The molecule has 48 valence electrons. The van der Waals surface area contributed by atoms with Gasteiger partial charge in [0.05, 0.1) is 5.52 Å². The van der Waals surface area contributed by atoms with Gasteiger partial charge in [0.2, 0.25) is 0 Å². The lowest BCUT2D eigenvalue weighted by Crippen LogP contribution is -1.92. The van der Waals surface area contributed by atoms with E-state index in [1.807, 2.05) is 0 Å². The number of aromatic amines is 1. The van der Waals surface area contributed by atoms with Gasteiger partial charge in [0.1, 0.15) is 0 Å². The van der Waals surface area contributed by atoms with Crippen molar-refractivity contribution in [1.82, 2.24) is 4.98 Å². The van der Waals surface area contributed by atoms with Crippen LogP contribution in [-0.2, 0) is 0 Å². The summed E-state index contributed by atoms with van der Waals surface area (Å²) >= 11 is 0. The Bertz CT molecular complexity index is 363. The lowest BCUT2D eigenvalue weighted by Gasteiger charge is -1.74. The van der Waals surface area contributed by atoms with Crippen molar-refractivity contribution in [1.29, 1.82) is 0 Å². The Balaban J connectivity index is 3.01. The number of nitrogens with one attached hydrogen (secondary N) is 1. The van der Waals surface area contributed by atoms with Gasteiger partial charge in [0.25, 0.3) is 0 Å². The fourth-order valence-electron chi connectivity index (χ4n) is 0.787. The summed E-state index contributed by atoms with van der Waals surface area (Å²) < 4.78 is 4.71. The minimum atomic E-state index is -0.442. The molecule has 0 aliphatic heterocycles. The molecule has 0 atom stereocenters. The first kappa shape index (κ1) is 5.12. The maximum Gasteiger partial charge on any atom is 0.417 e. The highest BCUT2D eigenvalue weighted by Crippen LogP contribution is 2.03. The van der Waals surface area contributed by atoms with Gasteiger partial charge in [-0.05, 0) is 0 Å². The summed E-state index contributed by atoms with van der Waals surface area (Å²) in [5, 5.41) is 0. The van der Waals surface area contributed by atoms with Gasteiger partial charge in [-0.3, -0.25) is 4.98 Å². The zero-order chi connectivity index (χ0) is 6.97. The van der Waals surface area contributed by atoms with E-state index in [0.29, 0.717) is 11.1 Å². The number of hydrogen-bond donors (Lipinski definition) is 1. The normalized spacial score (nSPS) is 9.60. The largest absolute Gasteiger partial charge is 0.417 e. The summed E-state index contributed by atoms with van der Waals surface area (Å²) in [6.45, 7) is 0. The molecule has 0 spiro atoms. The zero-order valence-electron chi connectivity index (χ0n) is 4.97. The maximum atomic E-state index is 10.5. The highest BCUT2D eigenvalue weighted by Gasteiger charge is 1.94. The molecule has 0 radical (unpaired) electrons. The monoisotopic (exact) mass is 133 g/mol. The van der Waals surface area contributed by atoms with Crippen molar-refractivity contribution in [2.75, 3.05) is 0 Å². The Morgan fingerprint density at radius 1 is 1.40 bits per heavy atom. The molecular weight excluding hydrogens is 130 g/mol. The first-order chi connectivity index (χ1) is 4.86. The van der Waals surface area contributed by atoms with E-state index < -0.39 is 5.76 Å². The highest BCUT2D eigenvalue weighted by atomic mass is 16.4. The molecule has 3 nitrogen and oxygen atoms in total. The summed E-state index contributed by atoms with van der Waals surface area (Å²) in [5.74, 6) is -0.442. The van der Waals surface area contributed by atoms with Crippen LogP contribution in [0.2, 0.25) is 0 Å². The van der Waals surface area contributed by atoms with E-state index in [1.165, 1.54) is 0 Å². The Hall–Kier alpha value is -1.69. The lowest BCUT2D eigenvalue weighted by atomic mass is 10.4. The van der Waals surface area contributed by atoms with Gasteiger partial charge in [-0.15, -0.1) is 0 Å². The number of H-pyrrole nitrogens is 1. The first-order valence-corrected chi connectivity index (χ1v) is 2.77. The molecule has 0 unspecified atom stereocenters. The molecular formula is C7H3NO2. The average Bonchev–Trinajstić information content (AvgIpc) is 2.27. The molecule has 1 aromatic heterocycles. The van der Waals surface area contributed by atoms with E-state index >= 15 is 0 Å². The molecule has 0 bridgehead atoms.